The Morgan fingerprint density at radius 2 is 2.04 bits per heavy atom. The smallest absolute Gasteiger partial charge is 0.223 e. The van der Waals surface area contributed by atoms with Crippen LogP contribution in [0.1, 0.15) is 37.9 Å². The van der Waals surface area contributed by atoms with Gasteiger partial charge in [0.15, 0.2) is 10.2 Å². The van der Waals surface area contributed by atoms with E-state index < -0.39 is 0 Å². The Morgan fingerprint density at radius 1 is 1.26 bits per heavy atom. The molecule has 2 aromatic rings. The van der Waals surface area contributed by atoms with Gasteiger partial charge in [0.2, 0.25) is 5.91 Å². The SMILES string of the molecule is CN(Cc1ccc(Sc2ncccn2)o1)C[C@@H]1CC(=O)N(C2CCCC2)C1. The highest BCUT2D eigenvalue weighted by Gasteiger charge is 2.35. The molecular formula is C20H26N4O2S. The predicted octanol–water partition coefficient (Wildman–Crippen LogP) is 3.44. The molecule has 0 aromatic carbocycles. The molecule has 27 heavy (non-hydrogen) atoms. The Balaban J connectivity index is 1.27. The molecule has 2 fully saturated rings. The number of hydrogen-bond acceptors (Lipinski definition) is 6. The maximum Gasteiger partial charge on any atom is 0.223 e. The molecule has 6 nitrogen and oxygen atoms in total. The average Bonchev–Trinajstić information content (AvgIpc) is 3.38. The number of amides is 1. The summed E-state index contributed by atoms with van der Waals surface area (Å²) in [6.07, 6.45) is 9.05. The van der Waals surface area contributed by atoms with Gasteiger partial charge in [0.1, 0.15) is 5.76 Å². The zero-order chi connectivity index (χ0) is 18.6. The molecule has 1 atom stereocenters. The molecule has 7 heteroatoms. The highest BCUT2D eigenvalue weighted by molar-refractivity contribution is 7.99. The van der Waals surface area contributed by atoms with Crippen LogP contribution in [0.2, 0.25) is 0 Å². The number of nitrogens with zero attached hydrogens (tertiary/aromatic N) is 4. The minimum atomic E-state index is 0.347. The average molecular weight is 387 g/mol. The lowest BCUT2D eigenvalue weighted by atomic mass is 10.1. The lowest BCUT2D eigenvalue weighted by Crippen LogP contribution is -2.35. The van der Waals surface area contributed by atoms with E-state index in [1.165, 1.54) is 37.4 Å². The number of carbonyl (C=O) groups excluding carboxylic acids is 1. The normalized spacial score (nSPS) is 20.9. The van der Waals surface area contributed by atoms with Crippen molar-refractivity contribution in [3.8, 4) is 0 Å². The second kappa shape index (κ2) is 8.44. The lowest BCUT2D eigenvalue weighted by molar-refractivity contribution is -0.129. The number of likely N-dealkylation sites (tertiary alicyclic amines) is 1. The highest BCUT2D eigenvalue weighted by Crippen LogP contribution is 2.30. The van der Waals surface area contributed by atoms with E-state index in [9.17, 15) is 4.79 Å². The van der Waals surface area contributed by atoms with E-state index in [2.05, 4.69) is 26.8 Å². The summed E-state index contributed by atoms with van der Waals surface area (Å²) in [6, 6.07) is 6.27. The lowest BCUT2D eigenvalue weighted by Gasteiger charge is -2.25. The van der Waals surface area contributed by atoms with Gasteiger partial charge in [-0.15, -0.1) is 0 Å². The van der Waals surface area contributed by atoms with Crippen molar-refractivity contribution < 1.29 is 9.21 Å². The first-order valence-electron chi connectivity index (χ1n) is 9.69. The molecule has 1 saturated carbocycles. The number of hydrogen-bond donors (Lipinski definition) is 0. The summed E-state index contributed by atoms with van der Waals surface area (Å²) in [5.41, 5.74) is 0. The molecule has 2 aliphatic rings. The van der Waals surface area contributed by atoms with Gasteiger partial charge in [-0.25, -0.2) is 9.97 Å². The van der Waals surface area contributed by atoms with Crippen molar-refractivity contribution in [2.45, 2.75) is 54.9 Å². The van der Waals surface area contributed by atoms with Crippen LogP contribution in [0.3, 0.4) is 0 Å². The van der Waals surface area contributed by atoms with Gasteiger partial charge in [-0.1, -0.05) is 12.8 Å². The molecule has 1 saturated heterocycles. The Labute approximate surface area is 164 Å². The van der Waals surface area contributed by atoms with Crippen molar-refractivity contribution in [3.63, 3.8) is 0 Å². The zero-order valence-electron chi connectivity index (χ0n) is 15.7. The van der Waals surface area contributed by atoms with Gasteiger partial charge in [0.25, 0.3) is 0 Å². The predicted molar refractivity (Wildman–Crippen MR) is 103 cm³/mol. The molecule has 1 amide bonds. The van der Waals surface area contributed by atoms with Gasteiger partial charge in [-0.2, -0.15) is 0 Å². The minimum absolute atomic E-state index is 0.347. The third-order valence-electron chi connectivity index (χ3n) is 5.37. The zero-order valence-corrected chi connectivity index (χ0v) is 16.5. The maximum atomic E-state index is 12.4. The van der Waals surface area contributed by atoms with Gasteiger partial charge in [0, 0.05) is 37.9 Å². The molecule has 1 aliphatic heterocycles. The van der Waals surface area contributed by atoms with E-state index in [0.29, 0.717) is 29.4 Å². The molecule has 0 bridgehead atoms. The molecular weight excluding hydrogens is 360 g/mol. The molecule has 2 aromatic heterocycles. The monoisotopic (exact) mass is 386 g/mol. The van der Waals surface area contributed by atoms with Gasteiger partial charge < -0.3 is 9.32 Å². The molecule has 1 aliphatic carbocycles. The molecule has 0 unspecified atom stereocenters. The number of rotatable bonds is 7. The van der Waals surface area contributed by atoms with Crippen molar-refractivity contribution in [1.82, 2.24) is 19.8 Å². The van der Waals surface area contributed by atoms with E-state index in [4.69, 9.17) is 4.42 Å². The quantitative estimate of drug-likeness (QED) is 0.679. The van der Waals surface area contributed by atoms with Crippen LogP contribution < -0.4 is 0 Å². The van der Waals surface area contributed by atoms with Crippen LogP contribution in [0.4, 0.5) is 0 Å². The van der Waals surface area contributed by atoms with Crippen LogP contribution >= 0.6 is 11.8 Å². The highest BCUT2D eigenvalue weighted by atomic mass is 32.2. The van der Waals surface area contributed by atoms with Gasteiger partial charge >= 0.3 is 0 Å². The minimum Gasteiger partial charge on any atom is -0.453 e. The molecule has 0 radical (unpaired) electrons. The van der Waals surface area contributed by atoms with Crippen molar-refractivity contribution in [2.24, 2.45) is 5.92 Å². The molecule has 4 rings (SSSR count). The van der Waals surface area contributed by atoms with Crippen molar-refractivity contribution in [2.75, 3.05) is 20.1 Å². The van der Waals surface area contributed by atoms with Crippen molar-refractivity contribution in [1.29, 1.82) is 0 Å². The van der Waals surface area contributed by atoms with Gasteiger partial charge in [0.05, 0.1) is 6.54 Å². The van der Waals surface area contributed by atoms with Crippen LogP contribution in [-0.4, -0.2) is 51.9 Å². The maximum absolute atomic E-state index is 12.4. The van der Waals surface area contributed by atoms with E-state index in [0.717, 1.165) is 30.5 Å². The van der Waals surface area contributed by atoms with Crippen LogP contribution in [-0.2, 0) is 11.3 Å². The fourth-order valence-corrected chi connectivity index (χ4v) is 4.89. The summed E-state index contributed by atoms with van der Waals surface area (Å²) in [7, 11) is 2.10. The molecule has 144 valence electrons. The van der Waals surface area contributed by atoms with E-state index in [1.54, 1.807) is 18.5 Å². The summed E-state index contributed by atoms with van der Waals surface area (Å²) in [5.74, 6) is 1.69. The summed E-state index contributed by atoms with van der Waals surface area (Å²) >= 11 is 1.42. The van der Waals surface area contributed by atoms with E-state index in [-0.39, 0.29) is 0 Å². The number of furan rings is 1. The second-order valence-electron chi connectivity index (χ2n) is 7.61. The first-order valence-corrected chi connectivity index (χ1v) is 10.5. The largest absolute Gasteiger partial charge is 0.453 e. The Bertz CT molecular complexity index is 760. The Morgan fingerprint density at radius 3 is 2.81 bits per heavy atom. The molecule has 3 heterocycles. The fourth-order valence-electron chi connectivity index (χ4n) is 4.20. The van der Waals surface area contributed by atoms with Gasteiger partial charge in [-0.3, -0.25) is 9.69 Å². The number of carbonyl (C=O) groups is 1. The van der Waals surface area contributed by atoms with Crippen LogP contribution in [0, 0.1) is 5.92 Å². The van der Waals surface area contributed by atoms with E-state index in [1.807, 2.05) is 12.1 Å². The summed E-state index contributed by atoms with van der Waals surface area (Å²) < 4.78 is 5.91. The fraction of sp³-hybridized carbons (Fsp3) is 0.550. The van der Waals surface area contributed by atoms with Crippen LogP contribution in [0.5, 0.6) is 0 Å². The Hall–Kier alpha value is -1.86. The first-order chi connectivity index (χ1) is 13.2. The topological polar surface area (TPSA) is 62.5 Å². The summed E-state index contributed by atoms with van der Waals surface area (Å²) in [6.45, 7) is 2.57. The van der Waals surface area contributed by atoms with E-state index >= 15 is 0 Å². The van der Waals surface area contributed by atoms with Crippen molar-refractivity contribution in [3.05, 3.63) is 36.4 Å². The van der Waals surface area contributed by atoms with Crippen LogP contribution in [0.25, 0.3) is 0 Å². The number of aromatic nitrogens is 2. The molecule has 0 N–H and O–H groups in total. The van der Waals surface area contributed by atoms with Crippen molar-refractivity contribution >= 4 is 17.7 Å². The third-order valence-corrected chi connectivity index (χ3v) is 6.18. The Kier molecular flexibility index (Phi) is 5.78. The summed E-state index contributed by atoms with van der Waals surface area (Å²) in [4.78, 5) is 25.2. The molecule has 0 spiro atoms. The summed E-state index contributed by atoms with van der Waals surface area (Å²) in [5, 5.41) is 1.48. The first kappa shape index (κ1) is 18.5. The standard InChI is InChI=1S/C20H26N4O2S/c1-23(12-15-11-18(25)24(13-15)16-5-2-3-6-16)14-17-7-8-19(26-17)27-20-21-9-4-10-22-20/h4,7-10,15-16H,2-3,5-6,11-14H2,1H3/t15-/m0/s1. The van der Waals surface area contributed by atoms with Gasteiger partial charge in [-0.05, 0) is 55.8 Å². The van der Waals surface area contributed by atoms with Crippen LogP contribution in [0.15, 0.2) is 45.3 Å². The second-order valence-corrected chi connectivity index (χ2v) is 8.58. The third kappa shape index (κ3) is 4.71.